The number of rotatable bonds is 4. The summed E-state index contributed by atoms with van der Waals surface area (Å²) in [5.41, 5.74) is 4.49. The second-order valence-electron chi connectivity index (χ2n) is 3.96. The first kappa shape index (κ1) is 15.3. The summed E-state index contributed by atoms with van der Waals surface area (Å²) in [5.74, 6) is 0. The van der Waals surface area contributed by atoms with Crippen LogP contribution in [0.15, 0.2) is 18.2 Å². The number of alkyl halides is 3. The van der Waals surface area contributed by atoms with E-state index in [1.54, 1.807) is 0 Å². The molecule has 4 nitrogen and oxygen atoms in total. The number of nitrogens with two attached hydrogens (primary N) is 1. The Balaban J connectivity index is 2.96. The van der Waals surface area contributed by atoms with Crippen LogP contribution in [0.25, 0.3) is 0 Å². The monoisotopic (exact) mass is 275 g/mol. The van der Waals surface area contributed by atoms with E-state index in [0.717, 1.165) is 6.07 Å². The van der Waals surface area contributed by atoms with Crippen LogP contribution in [0.5, 0.6) is 0 Å². The minimum atomic E-state index is -4.54. The summed E-state index contributed by atoms with van der Waals surface area (Å²) < 4.78 is 38.6. The van der Waals surface area contributed by atoms with Crippen LogP contribution in [0.3, 0.4) is 0 Å². The molecule has 106 valence electrons. The number of hydrogen-bond donors (Lipinski definition) is 3. The van der Waals surface area contributed by atoms with E-state index < -0.39 is 17.8 Å². The molecule has 0 heterocycles. The summed E-state index contributed by atoms with van der Waals surface area (Å²) in [6.07, 6.45) is -3.84. The van der Waals surface area contributed by atoms with Crippen molar-refractivity contribution in [1.29, 1.82) is 0 Å². The Bertz CT molecular complexity index is 446. The minimum Gasteiger partial charge on any atom is -0.338 e. The van der Waals surface area contributed by atoms with E-state index in [0.29, 0.717) is 18.5 Å². The Morgan fingerprint density at radius 3 is 2.58 bits per heavy atom. The smallest absolute Gasteiger partial charge is 0.338 e. The van der Waals surface area contributed by atoms with Crippen LogP contribution >= 0.6 is 0 Å². The van der Waals surface area contributed by atoms with Gasteiger partial charge in [0.25, 0.3) is 0 Å². The van der Waals surface area contributed by atoms with Gasteiger partial charge in [-0.05, 0) is 24.1 Å². The van der Waals surface area contributed by atoms with Gasteiger partial charge in [0.1, 0.15) is 0 Å². The van der Waals surface area contributed by atoms with Crippen molar-refractivity contribution in [3.8, 4) is 0 Å². The van der Waals surface area contributed by atoms with Gasteiger partial charge in [-0.15, -0.1) is 0 Å². The van der Waals surface area contributed by atoms with Crippen LogP contribution in [0.1, 0.15) is 24.5 Å². The van der Waals surface area contributed by atoms with E-state index in [4.69, 9.17) is 5.73 Å². The van der Waals surface area contributed by atoms with Crippen molar-refractivity contribution in [2.45, 2.75) is 26.1 Å². The van der Waals surface area contributed by atoms with Gasteiger partial charge in [-0.1, -0.05) is 13.0 Å². The quantitative estimate of drug-likeness (QED) is 0.791. The number of anilines is 1. The first-order valence-electron chi connectivity index (χ1n) is 5.83. The molecule has 7 heteroatoms. The lowest BCUT2D eigenvalue weighted by Crippen LogP contribution is -2.30. The number of benzene rings is 1. The molecule has 1 aromatic rings. The number of carbonyl (C=O) groups is 1. The number of amides is 2. The highest BCUT2D eigenvalue weighted by Crippen LogP contribution is 2.35. The van der Waals surface area contributed by atoms with Crippen LogP contribution < -0.4 is 16.4 Å². The molecule has 0 saturated carbocycles. The Hall–Kier alpha value is -1.76. The molecule has 0 aliphatic heterocycles. The van der Waals surface area contributed by atoms with Crippen LogP contribution in [0.4, 0.5) is 23.7 Å². The third-order valence-corrected chi connectivity index (χ3v) is 2.41. The second-order valence-corrected chi connectivity index (χ2v) is 3.96. The maximum absolute atomic E-state index is 12.9. The molecule has 0 radical (unpaired) electrons. The molecular weight excluding hydrogens is 259 g/mol. The van der Waals surface area contributed by atoms with Gasteiger partial charge in [0, 0.05) is 13.1 Å². The predicted molar refractivity (Wildman–Crippen MR) is 66.6 cm³/mol. The van der Waals surface area contributed by atoms with Crippen LogP contribution in [-0.2, 0) is 12.7 Å². The molecule has 2 amide bonds. The Kier molecular flexibility index (Phi) is 5.17. The average molecular weight is 275 g/mol. The molecule has 0 fully saturated rings. The first-order chi connectivity index (χ1) is 8.88. The summed E-state index contributed by atoms with van der Waals surface area (Å²) in [5, 5.41) is 4.64. The van der Waals surface area contributed by atoms with E-state index in [1.165, 1.54) is 12.1 Å². The van der Waals surface area contributed by atoms with Gasteiger partial charge in [0.2, 0.25) is 0 Å². The van der Waals surface area contributed by atoms with Crippen molar-refractivity contribution in [3.63, 3.8) is 0 Å². The minimum absolute atomic E-state index is 0.00535. The topological polar surface area (TPSA) is 67.2 Å². The van der Waals surface area contributed by atoms with Crippen molar-refractivity contribution >= 4 is 11.7 Å². The molecule has 19 heavy (non-hydrogen) atoms. The van der Waals surface area contributed by atoms with Gasteiger partial charge in [0.15, 0.2) is 0 Å². The Labute approximate surface area is 109 Å². The zero-order valence-corrected chi connectivity index (χ0v) is 10.5. The van der Waals surface area contributed by atoms with Gasteiger partial charge in [-0.3, -0.25) is 0 Å². The summed E-state index contributed by atoms with van der Waals surface area (Å²) >= 11 is 0. The molecule has 0 aromatic heterocycles. The normalized spacial score (nSPS) is 11.2. The van der Waals surface area contributed by atoms with E-state index in [1.807, 2.05) is 6.92 Å². The molecule has 0 spiro atoms. The van der Waals surface area contributed by atoms with Crippen LogP contribution in [-0.4, -0.2) is 12.6 Å². The zero-order valence-electron chi connectivity index (χ0n) is 10.5. The van der Waals surface area contributed by atoms with Crippen molar-refractivity contribution < 1.29 is 18.0 Å². The molecule has 0 aliphatic rings. The highest BCUT2D eigenvalue weighted by atomic mass is 19.4. The lowest BCUT2D eigenvalue weighted by Gasteiger charge is -2.15. The molecular formula is C12H16F3N3O. The number of nitrogens with one attached hydrogen (secondary N) is 2. The molecule has 0 bridgehead atoms. The first-order valence-corrected chi connectivity index (χ1v) is 5.83. The summed E-state index contributed by atoms with van der Waals surface area (Å²) in [6.45, 7) is 2.25. The van der Waals surface area contributed by atoms with Gasteiger partial charge in [0.05, 0.1) is 11.3 Å². The van der Waals surface area contributed by atoms with Gasteiger partial charge < -0.3 is 16.4 Å². The van der Waals surface area contributed by atoms with Crippen molar-refractivity contribution in [2.75, 3.05) is 11.9 Å². The Morgan fingerprint density at radius 1 is 1.37 bits per heavy atom. The van der Waals surface area contributed by atoms with Gasteiger partial charge in [-0.25, -0.2) is 4.79 Å². The largest absolute Gasteiger partial charge is 0.418 e. The molecule has 0 atom stereocenters. The fourth-order valence-corrected chi connectivity index (χ4v) is 1.47. The van der Waals surface area contributed by atoms with Crippen molar-refractivity contribution in [1.82, 2.24) is 5.32 Å². The molecule has 0 unspecified atom stereocenters. The van der Waals surface area contributed by atoms with Crippen LogP contribution in [0, 0.1) is 0 Å². The predicted octanol–water partition coefficient (Wildman–Crippen LogP) is 2.70. The van der Waals surface area contributed by atoms with E-state index in [9.17, 15) is 18.0 Å². The lowest BCUT2D eigenvalue weighted by molar-refractivity contribution is -0.137. The lowest BCUT2D eigenvalue weighted by atomic mass is 10.1. The standard InChI is InChI=1S/C12H16F3N3O/c1-2-5-17-11(19)18-10-4-3-8(7-16)6-9(10)12(13,14)15/h3-4,6H,2,5,7,16H2,1H3,(H2,17,18,19). The fourth-order valence-electron chi connectivity index (χ4n) is 1.47. The fraction of sp³-hybridized carbons (Fsp3) is 0.417. The second kappa shape index (κ2) is 6.42. The van der Waals surface area contributed by atoms with Gasteiger partial charge in [-0.2, -0.15) is 13.2 Å². The number of hydrogen-bond acceptors (Lipinski definition) is 2. The molecule has 1 aromatic carbocycles. The molecule has 0 aliphatic carbocycles. The highest BCUT2D eigenvalue weighted by Gasteiger charge is 2.34. The maximum Gasteiger partial charge on any atom is 0.418 e. The average Bonchev–Trinajstić information content (AvgIpc) is 2.35. The number of halogens is 3. The van der Waals surface area contributed by atoms with Gasteiger partial charge >= 0.3 is 12.2 Å². The number of urea groups is 1. The third kappa shape index (κ3) is 4.44. The SMILES string of the molecule is CCCNC(=O)Nc1ccc(CN)cc1C(F)(F)F. The maximum atomic E-state index is 12.9. The summed E-state index contributed by atoms with van der Waals surface area (Å²) in [4.78, 5) is 11.4. The van der Waals surface area contributed by atoms with E-state index in [-0.39, 0.29) is 12.2 Å². The summed E-state index contributed by atoms with van der Waals surface area (Å²) in [7, 11) is 0. The molecule has 1 rings (SSSR count). The molecule has 4 N–H and O–H groups in total. The van der Waals surface area contributed by atoms with Crippen molar-refractivity contribution in [3.05, 3.63) is 29.3 Å². The zero-order chi connectivity index (χ0) is 14.5. The number of carbonyl (C=O) groups excluding carboxylic acids is 1. The summed E-state index contributed by atoms with van der Waals surface area (Å²) in [6, 6.07) is 2.93. The molecule has 0 saturated heterocycles. The highest BCUT2D eigenvalue weighted by molar-refractivity contribution is 5.90. The van der Waals surface area contributed by atoms with E-state index in [2.05, 4.69) is 10.6 Å². The van der Waals surface area contributed by atoms with E-state index >= 15 is 0 Å². The van der Waals surface area contributed by atoms with Crippen LogP contribution in [0.2, 0.25) is 0 Å². The third-order valence-electron chi connectivity index (χ3n) is 2.41. The van der Waals surface area contributed by atoms with Crippen molar-refractivity contribution in [2.24, 2.45) is 5.73 Å². The Morgan fingerprint density at radius 2 is 2.05 bits per heavy atom.